The molecule has 1 aromatic carbocycles. The molecule has 0 aliphatic heterocycles. The molecule has 112 valence electrons. The van der Waals surface area contributed by atoms with Gasteiger partial charge in [-0.2, -0.15) is 0 Å². The van der Waals surface area contributed by atoms with Crippen LogP contribution in [-0.2, 0) is 4.74 Å². The first-order valence-corrected chi connectivity index (χ1v) is 7.14. The second-order valence-electron chi connectivity index (χ2n) is 4.52. The third-order valence-electron chi connectivity index (χ3n) is 3.02. The van der Waals surface area contributed by atoms with Crippen LogP contribution in [0, 0.1) is 0 Å². The van der Waals surface area contributed by atoms with Crippen LogP contribution in [0.3, 0.4) is 0 Å². The second-order valence-corrected chi connectivity index (χ2v) is 4.91. The molecule has 0 unspecified atom stereocenters. The first-order valence-electron chi connectivity index (χ1n) is 6.76. The van der Waals surface area contributed by atoms with Crippen LogP contribution in [-0.4, -0.2) is 22.5 Å². The average molecular weight is 317 g/mol. The number of hydrogen-bond donors (Lipinski definition) is 1. The van der Waals surface area contributed by atoms with Crippen LogP contribution < -0.4 is 4.74 Å². The molecule has 0 amide bonds. The van der Waals surface area contributed by atoms with Gasteiger partial charge in [0.05, 0.1) is 6.61 Å². The Labute approximate surface area is 131 Å². The van der Waals surface area contributed by atoms with Crippen LogP contribution >= 0.6 is 11.6 Å². The number of nitrogens with zero attached hydrogens (tertiary/aromatic N) is 1. The van der Waals surface area contributed by atoms with E-state index in [0.717, 1.165) is 10.9 Å². The van der Waals surface area contributed by atoms with Gasteiger partial charge in [-0.25, -0.2) is 9.78 Å². The minimum absolute atomic E-state index is 0.323. The number of fused-ring (bicyclic) bond motifs is 1. The third-order valence-corrected chi connectivity index (χ3v) is 3.23. The zero-order chi connectivity index (χ0) is 15.5. The van der Waals surface area contributed by atoms with E-state index < -0.39 is 5.97 Å². The molecule has 2 heterocycles. The smallest absolute Gasteiger partial charge is 0.354 e. The normalized spacial score (nSPS) is 10.6. The van der Waals surface area contributed by atoms with Crippen LogP contribution in [0.5, 0.6) is 11.6 Å². The van der Waals surface area contributed by atoms with Crippen LogP contribution in [0.2, 0.25) is 5.15 Å². The standard InChI is InChI=1S/C16H13ClN2O3/c1-2-21-16(20)12-9-10-11(18-12)5-3-6-13(10)22-15-8-4-7-14(17)19-15/h3-9,18H,2H2,1H3. The van der Waals surface area contributed by atoms with Gasteiger partial charge in [0.2, 0.25) is 5.88 Å². The predicted octanol–water partition coefficient (Wildman–Crippen LogP) is 4.19. The Balaban J connectivity index is 1.97. The Morgan fingerprint density at radius 3 is 2.86 bits per heavy atom. The fourth-order valence-electron chi connectivity index (χ4n) is 2.09. The molecule has 3 rings (SSSR count). The summed E-state index contributed by atoms with van der Waals surface area (Å²) < 4.78 is 10.7. The fourth-order valence-corrected chi connectivity index (χ4v) is 2.25. The van der Waals surface area contributed by atoms with E-state index in [1.54, 1.807) is 37.3 Å². The Kier molecular flexibility index (Phi) is 3.98. The Bertz CT molecular complexity index is 829. The number of H-pyrrole nitrogens is 1. The summed E-state index contributed by atoms with van der Waals surface area (Å²) in [7, 11) is 0. The zero-order valence-electron chi connectivity index (χ0n) is 11.8. The predicted molar refractivity (Wildman–Crippen MR) is 83.6 cm³/mol. The highest BCUT2D eigenvalue weighted by molar-refractivity contribution is 6.29. The van der Waals surface area contributed by atoms with E-state index >= 15 is 0 Å². The van der Waals surface area contributed by atoms with Crippen molar-refractivity contribution in [2.75, 3.05) is 6.61 Å². The lowest BCUT2D eigenvalue weighted by atomic mass is 10.2. The molecule has 0 bridgehead atoms. The Morgan fingerprint density at radius 2 is 2.09 bits per heavy atom. The van der Waals surface area contributed by atoms with Crippen molar-refractivity contribution in [1.82, 2.24) is 9.97 Å². The molecule has 6 heteroatoms. The number of carbonyl (C=O) groups excluding carboxylic acids is 1. The van der Waals surface area contributed by atoms with Gasteiger partial charge in [0.1, 0.15) is 16.6 Å². The molecule has 0 aliphatic rings. The summed E-state index contributed by atoms with van der Waals surface area (Å²) in [5.41, 5.74) is 1.16. The first kappa shape index (κ1) is 14.4. The van der Waals surface area contributed by atoms with Crippen molar-refractivity contribution in [3.63, 3.8) is 0 Å². The van der Waals surface area contributed by atoms with Crippen molar-refractivity contribution in [3.8, 4) is 11.6 Å². The van der Waals surface area contributed by atoms with Gasteiger partial charge in [-0.15, -0.1) is 0 Å². The van der Waals surface area contributed by atoms with Gasteiger partial charge in [-0.05, 0) is 31.2 Å². The first-order chi connectivity index (χ1) is 10.7. The molecule has 0 saturated heterocycles. The summed E-state index contributed by atoms with van der Waals surface area (Å²) in [6, 6.07) is 12.3. The number of hydrogen-bond acceptors (Lipinski definition) is 4. The topological polar surface area (TPSA) is 64.2 Å². The minimum Gasteiger partial charge on any atom is -0.461 e. The van der Waals surface area contributed by atoms with E-state index in [-0.39, 0.29) is 0 Å². The fraction of sp³-hybridized carbons (Fsp3) is 0.125. The number of nitrogens with one attached hydrogen (secondary N) is 1. The van der Waals surface area contributed by atoms with Gasteiger partial charge in [0.15, 0.2) is 0 Å². The van der Waals surface area contributed by atoms with Crippen LogP contribution in [0.25, 0.3) is 10.9 Å². The summed E-state index contributed by atoms with van der Waals surface area (Å²) in [6.07, 6.45) is 0. The lowest BCUT2D eigenvalue weighted by Crippen LogP contribution is -2.04. The molecule has 5 nitrogen and oxygen atoms in total. The van der Waals surface area contributed by atoms with E-state index in [9.17, 15) is 4.79 Å². The quantitative estimate of drug-likeness (QED) is 0.579. The summed E-state index contributed by atoms with van der Waals surface area (Å²) in [4.78, 5) is 18.9. The van der Waals surface area contributed by atoms with Gasteiger partial charge in [-0.3, -0.25) is 0 Å². The molecule has 0 aliphatic carbocycles. The van der Waals surface area contributed by atoms with Gasteiger partial charge >= 0.3 is 5.97 Å². The van der Waals surface area contributed by atoms with E-state index in [1.165, 1.54) is 0 Å². The monoisotopic (exact) mass is 316 g/mol. The molecule has 3 aromatic rings. The average Bonchev–Trinajstić information content (AvgIpc) is 2.93. The molecule has 1 N–H and O–H groups in total. The molecule has 0 saturated carbocycles. The van der Waals surface area contributed by atoms with Crippen molar-refractivity contribution in [2.24, 2.45) is 0 Å². The van der Waals surface area contributed by atoms with E-state index in [0.29, 0.717) is 29.1 Å². The molecule has 2 aromatic heterocycles. The summed E-state index contributed by atoms with van der Waals surface area (Å²) in [6.45, 7) is 2.09. The lowest BCUT2D eigenvalue weighted by Gasteiger charge is -2.05. The highest BCUT2D eigenvalue weighted by Gasteiger charge is 2.13. The summed E-state index contributed by atoms with van der Waals surface area (Å²) >= 11 is 5.85. The van der Waals surface area contributed by atoms with Crippen molar-refractivity contribution < 1.29 is 14.3 Å². The van der Waals surface area contributed by atoms with E-state index in [4.69, 9.17) is 21.1 Å². The van der Waals surface area contributed by atoms with Gasteiger partial charge in [0.25, 0.3) is 0 Å². The molecule has 0 atom stereocenters. The number of aromatic nitrogens is 2. The summed E-state index contributed by atoms with van der Waals surface area (Å²) in [5.74, 6) is 0.573. The molecule has 0 fully saturated rings. The van der Waals surface area contributed by atoms with Crippen LogP contribution in [0.1, 0.15) is 17.4 Å². The second kappa shape index (κ2) is 6.07. The maximum absolute atomic E-state index is 11.8. The molecule has 22 heavy (non-hydrogen) atoms. The maximum atomic E-state index is 11.8. The largest absolute Gasteiger partial charge is 0.461 e. The van der Waals surface area contributed by atoms with Crippen molar-refractivity contribution in [2.45, 2.75) is 6.92 Å². The van der Waals surface area contributed by atoms with Crippen molar-refractivity contribution >= 4 is 28.5 Å². The van der Waals surface area contributed by atoms with Gasteiger partial charge in [0, 0.05) is 17.0 Å². The van der Waals surface area contributed by atoms with Crippen molar-refractivity contribution in [1.29, 1.82) is 0 Å². The number of carbonyl (C=O) groups is 1. The molecule has 0 spiro atoms. The molecule has 0 radical (unpaired) electrons. The molecular formula is C16H13ClN2O3. The lowest BCUT2D eigenvalue weighted by molar-refractivity contribution is 0.0520. The zero-order valence-corrected chi connectivity index (χ0v) is 12.6. The van der Waals surface area contributed by atoms with Gasteiger partial charge in [-0.1, -0.05) is 23.7 Å². The number of pyridine rings is 1. The van der Waals surface area contributed by atoms with E-state index in [1.807, 2.05) is 12.1 Å². The maximum Gasteiger partial charge on any atom is 0.354 e. The number of esters is 1. The number of benzene rings is 1. The minimum atomic E-state index is -0.398. The van der Waals surface area contributed by atoms with Gasteiger partial charge < -0.3 is 14.5 Å². The van der Waals surface area contributed by atoms with Crippen molar-refractivity contribution in [3.05, 3.63) is 53.3 Å². The number of ether oxygens (including phenoxy) is 2. The number of rotatable bonds is 4. The number of aromatic amines is 1. The highest BCUT2D eigenvalue weighted by atomic mass is 35.5. The molecular weight excluding hydrogens is 304 g/mol. The third kappa shape index (κ3) is 2.89. The number of halogens is 1. The highest BCUT2D eigenvalue weighted by Crippen LogP contribution is 2.30. The van der Waals surface area contributed by atoms with E-state index in [2.05, 4.69) is 9.97 Å². The Morgan fingerprint density at radius 1 is 1.27 bits per heavy atom. The Hall–Kier alpha value is -2.53. The summed E-state index contributed by atoms with van der Waals surface area (Å²) in [5, 5.41) is 1.12. The van der Waals surface area contributed by atoms with Crippen LogP contribution in [0.15, 0.2) is 42.5 Å². The van der Waals surface area contributed by atoms with Crippen LogP contribution in [0.4, 0.5) is 0 Å². The SMILES string of the molecule is CCOC(=O)c1cc2c(Oc3cccc(Cl)n3)cccc2[nH]1.